The molecule has 1 aromatic carbocycles. The van der Waals surface area contributed by atoms with Crippen LogP contribution in [-0.2, 0) is 9.53 Å². The monoisotopic (exact) mass is 382 g/mol. The predicted octanol–water partition coefficient (Wildman–Crippen LogP) is 4.48. The van der Waals surface area contributed by atoms with E-state index in [1.54, 1.807) is 6.08 Å². The van der Waals surface area contributed by atoms with Gasteiger partial charge in [0.1, 0.15) is 5.82 Å². The molecule has 0 bridgehead atoms. The van der Waals surface area contributed by atoms with E-state index in [4.69, 9.17) is 4.74 Å². The van der Waals surface area contributed by atoms with Gasteiger partial charge in [-0.2, -0.15) is 0 Å². The molecule has 0 unspecified atom stereocenters. The summed E-state index contributed by atoms with van der Waals surface area (Å²) >= 11 is 4.80. The van der Waals surface area contributed by atoms with Crippen molar-refractivity contribution in [2.45, 2.75) is 13.0 Å². The number of rotatable bonds is 5. The second-order valence-corrected chi connectivity index (χ2v) is 6.92. The number of thiophene rings is 1. The number of benzene rings is 1. The van der Waals surface area contributed by atoms with Crippen LogP contribution in [0.1, 0.15) is 22.2 Å². The Morgan fingerprint density at radius 1 is 1.23 bits per heavy atom. The van der Waals surface area contributed by atoms with Gasteiger partial charge in [0.2, 0.25) is 5.78 Å². The molecule has 0 fully saturated rings. The first-order chi connectivity index (χ1) is 10.5. The van der Waals surface area contributed by atoms with E-state index in [0.717, 1.165) is 8.66 Å². The molecule has 0 aliphatic carbocycles. The van der Waals surface area contributed by atoms with Crippen LogP contribution < -0.4 is 0 Å². The highest BCUT2D eigenvalue weighted by molar-refractivity contribution is 9.11. The van der Waals surface area contributed by atoms with Crippen LogP contribution in [-0.4, -0.2) is 17.9 Å². The SMILES string of the molecule is C[C@H](OC(=O)/C=C/c1ccc(Br)s1)C(=O)c1ccc(F)cc1. The third-order valence-corrected chi connectivity index (χ3v) is 4.36. The first kappa shape index (κ1) is 16.6. The van der Waals surface area contributed by atoms with Crippen molar-refractivity contribution >= 4 is 45.1 Å². The zero-order chi connectivity index (χ0) is 16.1. The van der Waals surface area contributed by atoms with Crippen LogP contribution in [0.15, 0.2) is 46.3 Å². The van der Waals surface area contributed by atoms with E-state index in [1.807, 2.05) is 12.1 Å². The lowest BCUT2D eigenvalue weighted by Gasteiger charge is -2.10. The highest BCUT2D eigenvalue weighted by Gasteiger charge is 2.18. The molecule has 1 heterocycles. The highest BCUT2D eigenvalue weighted by Crippen LogP contribution is 2.23. The predicted molar refractivity (Wildman–Crippen MR) is 87.3 cm³/mol. The lowest BCUT2D eigenvalue weighted by Crippen LogP contribution is -2.23. The summed E-state index contributed by atoms with van der Waals surface area (Å²) in [5, 5.41) is 0. The Bertz CT molecular complexity index is 706. The molecule has 1 atom stereocenters. The van der Waals surface area contributed by atoms with Crippen molar-refractivity contribution in [3.8, 4) is 0 Å². The van der Waals surface area contributed by atoms with Gasteiger partial charge in [0.05, 0.1) is 3.79 Å². The number of esters is 1. The van der Waals surface area contributed by atoms with E-state index < -0.39 is 17.9 Å². The van der Waals surface area contributed by atoms with E-state index in [-0.39, 0.29) is 5.78 Å². The fourth-order valence-corrected chi connectivity index (χ4v) is 3.01. The molecular formula is C16H12BrFO3S. The minimum Gasteiger partial charge on any atom is -0.451 e. The van der Waals surface area contributed by atoms with Gasteiger partial charge in [0.15, 0.2) is 6.10 Å². The maximum absolute atomic E-state index is 12.8. The second kappa shape index (κ2) is 7.47. The molecule has 22 heavy (non-hydrogen) atoms. The smallest absolute Gasteiger partial charge is 0.331 e. The van der Waals surface area contributed by atoms with Crippen LogP contribution >= 0.6 is 27.3 Å². The van der Waals surface area contributed by atoms with Crippen LogP contribution in [0.25, 0.3) is 6.08 Å². The van der Waals surface area contributed by atoms with E-state index >= 15 is 0 Å². The molecule has 0 aliphatic heterocycles. The van der Waals surface area contributed by atoms with Crippen LogP contribution in [0, 0.1) is 5.82 Å². The first-order valence-corrected chi connectivity index (χ1v) is 8.00. The van der Waals surface area contributed by atoms with Gasteiger partial charge < -0.3 is 4.74 Å². The van der Waals surface area contributed by atoms with Gasteiger partial charge >= 0.3 is 5.97 Å². The molecule has 2 aromatic rings. The zero-order valence-corrected chi connectivity index (χ0v) is 14.0. The summed E-state index contributed by atoms with van der Waals surface area (Å²) in [4.78, 5) is 24.6. The summed E-state index contributed by atoms with van der Waals surface area (Å²) in [5.74, 6) is -1.40. The molecule has 0 spiro atoms. The Labute approximate surface area is 139 Å². The standard InChI is InChI=1S/C16H12BrFO3S/c1-10(16(20)11-2-4-12(18)5-3-11)21-15(19)9-7-13-6-8-14(17)22-13/h2-10H,1H3/b9-7+/t10-/m0/s1. The Hall–Kier alpha value is -1.79. The zero-order valence-electron chi connectivity index (χ0n) is 11.6. The Balaban J connectivity index is 1.94. The largest absolute Gasteiger partial charge is 0.451 e. The summed E-state index contributed by atoms with van der Waals surface area (Å²) in [6, 6.07) is 8.83. The highest BCUT2D eigenvalue weighted by atomic mass is 79.9. The molecule has 6 heteroatoms. The number of Topliss-reactive ketones (excluding diaryl/α,β-unsaturated/α-hetero) is 1. The molecule has 114 valence electrons. The molecule has 2 rings (SSSR count). The van der Waals surface area contributed by atoms with Gasteiger partial charge in [-0.25, -0.2) is 9.18 Å². The van der Waals surface area contributed by atoms with Crippen molar-refractivity contribution in [1.82, 2.24) is 0 Å². The number of hydrogen-bond acceptors (Lipinski definition) is 4. The van der Waals surface area contributed by atoms with E-state index in [2.05, 4.69) is 15.9 Å². The van der Waals surface area contributed by atoms with Gasteiger partial charge in [-0.3, -0.25) is 4.79 Å². The first-order valence-electron chi connectivity index (χ1n) is 6.39. The van der Waals surface area contributed by atoms with Gasteiger partial charge in [-0.05, 0) is 65.3 Å². The maximum atomic E-state index is 12.8. The fourth-order valence-electron chi connectivity index (χ4n) is 1.68. The molecule has 0 radical (unpaired) electrons. The van der Waals surface area contributed by atoms with E-state index in [0.29, 0.717) is 5.56 Å². The van der Waals surface area contributed by atoms with Crippen molar-refractivity contribution < 1.29 is 18.7 Å². The Morgan fingerprint density at radius 2 is 1.91 bits per heavy atom. The van der Waals surface area contributed by atoms with Gasteiger partial charge in [0.25, 0.3) is 0 Å². The normalized spacial score (nSPS) is 12.3. The fraction of sp³-hybridized carbons (Fsp3) is 0.125. The van der Waals surface area contributed by atoms with Crippen molar-refractivity contribution in [2.75, 3.05) is 0 Å². The number of ether oxygens (including phenoxy) is 1. The van der Waals surface area contributed by atoms with Crippen LogP contribution in [0.2, 0.25) is 0 Å². The summed E-state index contributed by atoms with van der Waals surface area (Å²) in [7, 11) is 0. The van der Waals surface area contributed by atoms with Gasteiger partial charge in [-0.1, -0.05) is 0 Å². The minimum atomic E-state index is -0.933. The maximum Gasteiger partial charge on any atom is 0.331 e. The van der Waals surface area contributed by atoms with Crippen molar-refractivity contribution in [3.63, 3.8) is 0 Å². The average molecular weight is 383 g/mol. The molecule has 0 aliphatic rings. The summed E-state index contributed by atoms with van der Waals surface area (Å²) in [5.41, 5.74) is 0.299. The summed E-state index contributed by atoms with van der Waals surface area (Å²) < 4.78 is 18.8. The van der Waals surface area contributed by atoms with E-state index in [1.165, 1.54) is 48.6 Å². The summed E-state index contributed by atoms with van der Waals surface area (Å²) in [6.45, 7) is 1.49. The number of halogens is 2. The molecule has 0 saturated carbocycles. The van der Waals surface area contributed by atoms with Crippen LogP contribution in [0.4, 0.5) is 4.39 Å². The molecule has 3 nitrogen and oxygen atoms in total. The topological polar surface area (TPSA) is 43.4 Å². The number of carbonyl (C=O) groups is 2. The third-order valence-electron chi connectivity index (χ3n) is 2.77. The van der Waals surface area contributed by atoms with Gasteiger partial charge in [0, 0.05) is 16.5 Å². The molecule has 1 aromatic heterocycles. The Kier molecular flexibility index (Phi) is 5.63. The molecule has 0 amide bonds. The van der Waals surface area contributed by atoms with Crippen molar-refractivity contribution in [2.24, 2.45) is 0 Å². The van der Waals surface area contributed by atoms with Crippen molar-refractivity contribution in [1.29, 1.82) is 0 Å². The Morgan fingerprint density at radius 3 is 2.50 bits per heavy atom. The van der Waals surface area contributed by atoms with Gasteiger partial charge in [-0.15, -0.1) is 11.3 Å². The lowest BCUT2D eigenvalue weighted by atomic mass is 10.1. The van der Waals surface area contributed by atoms with Crippen LogP contribution in [0.3, 0.4) is 0 Å². The second-order valence-electron chi connectivity index (χ2n) is 4.43. The molecular weight excluding hydrogens is 371 g/mol. The van der Waals surface area contributed by atoms with E-state index in [9.17, 15) is 14.0 Å². The lowest BCUT2D eigenvalue weighted by molar-refractivity contribution is -0.140. The van der Waals surface area contributed by atoms with Crippen LogP contribution in [0.5, 0.6) is 0 Å². The third kappa shape index (κ3) is 4.61. The number of hydrogen-bond donors (Lipinski definition) is 0. The van der Waals surface area contributed by atoms with Crippen molar-refractivity contribution in [3.05, 3.63) is 62.5 Å². The molecule has 0 saturated heterocycles. The average Bonchev–Trinajstić information content (AvgIpc) is 2.91. The number of ketones is 1. The minimum absolute atomic E-state index is 0.299. The summed E-state index contributed by atoms with van der Waals surface area (Å²) in [6.07, 6.45) is 1.96. The molecule has 0 N–H and O–H groups in total. The quantitative estimate of drug-likeness (QED) is 0.435. The number of carbonyl (C=O) groups excluding carboxylic acids is 2.